The van der Waals surface area contributed by atoms with Gasteiger partial charge in [-0.25, -0.2) is 9.59 Å². The number of carbonyl (C=O) groups is 4. The maximum Gasteiger partial charge on any atom is 0.408 e. The van der Waals surface area contributed by atoms with E-state index >= 15 is 0 Å². The summed E-state index contributed by atoms with van der Waals surface area (Å²) in [6.07, 6.45) is 3.39. The molecule has 0 fully saturated rings. The zero-order valence-electron chi connectivity index (χ0n) is 27.4. The van der Waals surface area contributed by atoms with Gasteiger partial charge in [0.1, 0.15) is 19.3 Å². The number of ether oxygens (including phenoxy) is 3. The van der Waals surface area contributed by atoms with Gasteiger partial charge in [0.15, 0.2) is 0 Å². The molecule has 2 aliphatic rings. The molecule has 2 aliphatic heterocycles. The van der Waals surface area contributed by atoms with Crippen LogP contribution >= 0.6 is 0 Å². The van der Waals surface area contributed by atoms with Crippen LogP contribution < -0.4 is 10.6 Å². The molecule has 3 aromatic rings. The summed E-state index contributed by atoms with van der Waals surface area (Å²) in [4.78, 5) is 54.8. The van der Waals surface area contributed by atoms with E-state index in [9.17, 15) is 24.3 Å². The number of cyclic esters (lactones) is 1. The van der Waals surface area contributed by atoms with Crippen molar-refractivity contribution in [2.24, 2.45) is 5.92 Å². The lowest BCUT2D eigenvalue weighted by molar-refractivity contribution is -0.148. The molecule has 0 radical (unpaired) electrons. The number of hydrogen-bond acceptors (Lipinski definition) is 8. The van der Waals surface area contributed by atoms with Crippen molar-refractivity contribution in [3.8, 4) is 0 Å². The number of nitrogens with one attached hydrogen (secondary N) is 2. The molecule has 0 aromatic heterocycles. The van der Waals surface area contributed by atoms with Gasteiger partial charge in [-0.2, -0.15) is 0 Å². The van der Waals surface area contributed by atoms with E-state index in [1.165, 1.54) is 0 Å². The van der Waals surface area contributed by atoms with Crippen LogP contribution in [-0.4, -0.2) is 71.8 Å². The molecule has 3 N–H and O–H groups in total. The quantitative estimate of drug-likeness (QED) is 0.219. The number of alkyl carbamates (subject to hydrolysis) is 1. The van der Waals surface area contributed by atoms with Crippen LogP contribution in [0.3, 0.4) is 0 Å². The number of carbonyl (C=O) groups excluding carboxylic acids is 4. The van der Waals surface area contributed by atoms with Gasteiger partial charge in [0, 0.05) is 13.0 Å². The lowest BCUT2D eigenvalue weighted by atomic mass is 9.92. The van der Waals surface area contributed by atoms with E-state index in [0.29, 0.717) is 13.0 Å². The van der Waals surface area contributed by atoms with Crippen LogP contribution in [0.1, 0.15) is 41.5 Å². The Morgan fingerprint density at radius 1 is 0.878 bits per heavy atom. The molecule has 0 aliphatic carbocycles. The Morgan fingerprint density at radius 3 is 2.24 bits per heavy atom. The first-order chi connectivity index (χ1) is 23.9. The van der Waals surface area contributed by atoms with E-state index in [2.05, 4.69) is 10.6 Å². The van der Waals surface area contributed by atoms with Gasteiger partial charge >= 0.3 is 12.1 Å². The Balaban J connectivity index is 1.28. The number of esters is 1. The molecule has 3 aromatic carbocycles. The average Bonchev–Trinajstić information content (AvgIpc) is 3.13. The maximum absolute atomic E-state index is 13.7. The molecule has 258 valence electrons. The fourth-order valence-corrected chi connectivity index (χ4v) is 5.89. The molecule has 49 heavy (non-hydrogen) atoms. The molecule has 11 nitrogen and oxygen atoms in total. The third-order valence-electron chi connectivity index (χ3n) is 8.63. The lowest BCUT2D eigenvalue weighted by Gasteiger charge is -2.36. The summed E-state index contributed by atoms with van der Waals surface area (Å²) in [6.45, 7) is 0.303. The van der Waals surface area contributed by atoms with Crippen molar-refractivity contribution in [2.45, 2.75) is 63.6 Å². The van der Waals surface area contributed by atoms with Crippen LogP contribution in [-0.2, 0) is 54.8 Å². The van der Waals surface area contributed by atoms with Gasteiger partial charge in [0.05, 0.1) is 37.8 Å². The smallest absolute Gasteiger partial charge is 0.408 e. The molecule has 11 heteroatoms. The van der Waals surface area contributed by atoms with E-state index in [-0.39, 0.29) is 70.2 Å². The molecule has 0 saturated heterocycles. The molecular formula is C38H43N3O8. The number of nitrogens with zero attached hydrogens (tertiary/aromatic N) is 1. The van der Waals surface area contributed by atoms with Crippen LogP contribution in [0.2, 0.25) is 0 Å². The number of aliphatic hydroxyl groups is 1. The largest absolute Gasteiger partial charge is 0.462 e. The van der Waals surface area contributed by atoms with E-state index in [4.69, 9.17) is 14.2 Å². The highest BCUT2D eigenvalue weighted by atomic mass is 16.6. The van der Waals surface area contributed by atoms with Crippen LogP contribution in [0.5, 0.6) is 0 Å². The van der Waals surface area contributed by atoms with Crippen LogP contribution in [0.4, 0.5) is 4.79 Å². The molecule has 0 saturated carbocycles. The molecule has 0 bridgehead atoms. The maximum atomic E-state index is 13.7. The highest BCUT2D eigenvalue weighted by Gasteiger charge is 2.33. The second kappa shape index (κ2) is 18.0. The van der Waals surface area contributed by atoms with Crippen molar-refractivity contribution in [1.82, 2.24) is 15.5 Å². The SMILES string of the molecule is O=C(NC1CC=CCC(CC(=O)N2Cc3ccccc3CC2CO)C(=O)NC(COCc2ccccc2)COC1=O)OCc1ccccc1. The first kappa shape index (κ1) is 35.3. The van der Waals surface area contributed by atoms with Crippen LogP contribution in [0.15, 0.2) is 97.1 Å². The minimum atomic E-state index is -1.04. The molecule has 3 amide bonds. The zero-order valence-corrected chi connectivity index (χ0v) is 27.4. The number of hydrogen-bond donors (Lipinski definition) is 3. The van der Waals surface area contributed by atoms with Crippen molar-refractivity contribution < 1.29 is 38.5 Å². The molecule has 0 spiro atoms. The average molecular weight is 670 g/mol. The summed E-state index contributed by atoms with van der Waals surface area (Å²) in [6, 6.07) is 24.4. The number of allylic oxidation sites excluding steroid dienone is 1. The summed E-state index contributed by atoms with van der Waals surface area (Å²) in [5.74, 6) is -2.04. The van der Waals surface area contributed by atoms with Crippen molar-refractivity contribution in [3.05, 3.63) is 119 Å². The Morgan fingerprint density at radius 2 is 1.53 bits per heavy atom. The lowest BCUT2D eigenvalue weighted by Crippen LogP contribution is -2.49. The number of benzene rings is 3. The van der Waals surface area contributed by atoms with Gasteiger partial charge in [0.25, 0.3) is 0 Å². The second-order valence-electron chi connectivity index (χ2n) is 12.3. The zero-order chi connectivity index (χ0) is 34.4. The minimum Gasteiger partial charge on any atom is -0.462 e. The fraction of sp³-hybridized carbons (Fsp3) is 0.368. The van der Waals surface area contributed by atoms with Crippen molar-refractivity contribution in [3.63, 3.8) is 0 Å². The highest BCUT2D eigenvalue weighted by Crippen LogP contribution is 2.25. The highest BCUT2D eigenvalue weighted by molar-refractivity contribution is 5.86. The topological polar surface area (TPSA) is 144 Å². The van der Waals surface area contributed by atoms with Crippen molar-refractivity contribution in [1.29, 1.82) is 0 Å². The first-order valence-corrected chi connectivity index (χ1v) is 16.6. The molecular weight excluding hydrogens is 626 g/mol. The third kappa shape index (κ3) is 10.5. The Kier molecular flexibility index (Phi) is 12.9. The van der Waals surface area contributed by atoms with Gasteiger partial charge in [-0.15, -0.1) is 0 Å². The number of fused-ring (bicyclic) bond motifs is 1. The van der Waals surface area contributed by atoms with Crippen LogP contribution in [0, 0.1) is 5.92 Å². The van der Waals surface area contributed by atoms with Crippen LogP contribution in [0.25, 0.3) is 0 Å². The van der Waals surface area contributed by atoms with Gasteiger partial charge in [0.2, 0.25) is 11.8 Å². The van der Waals surface area contributed by atoms with Crippen molar-refractivity contribution >= 4 is 23.9 Å². The molecule has 4 atom stereocenters. The first-order valence-electron chi connectivity index (χ1n) is 16.6. The predicted octanol–water partition coefficient (Wildman–Crippen LogP) is 3.83. The molecule has 4 unspecified atom stereocenters. The van der Waals surface area contributed by atoms with Crippen molar-refractivity contribution in [2.75, 3.05) is 19.8 Å². The van der Waals surface area contributed by atoms with Gasteiger partial charge in [-0.3, -0.25) is 9.59 Å². The Bertz CT molecular complexity index is 1580. The van der Waals surface area contributed by atoms with Gasteiger partial charge in [-0.05, 0) is 41.5 Å². The number of rotatable bonds is 10. The second-order valence-corrected chi connectivity index (χ2v) is 12.3. The summed E-state index contributed by atoms with van der Waals surface area (Å²) >= 11 is 0. The summed E-state index contributed by atoms with van der Waals surface area (Å²) < 4.78 is 16.8. The normalized spacial score (nSPS) is 21.3. The Hall–Kier alpha value is -5.00. The van der Waals surface area contributed by atoms with E-state index in [1.54, 1.807) is 17.1 Å². The van der Waals surface area contributed by atoms with Gasteiger partial charge in [-0.1, -0.05) is 97.1 Å². The number of amides is 3. The molecule has 5 rings (SSSR count). The third-order valence-corrected chi connectivity index (χ3v) is 8.63. The summed E-state index contributed by atoms with van der Waals surface area (Å²) in [5, 5.41) is 15.6. The van der Waals surface area contributed by atoms with E-state index in [0.717, 1.165) is 22.3 Å². The summed E-state index contributed by atoms with van der Waals surface area (Å²) in [7, 11) is 0. The minimum absolute atomic E-state index is 0.0343. The predicted molar refractivity (Wildman–Crippen MR) is 181 cm³/mol. The van der Waals surface area contributed by atoms with Gasteiger partial charge < -0.3 is 34.9 Å². The van der Waals surface area contributed by atoms with E-state index < -0.39 is 30.1 Å². The number of aliphatic hydroxyl groups excluding tert-OH is 1. The van der Waals surface area contributed by atoms with E-state index in [1.807, 2.05) is 84.9 Å². The Labute approximate surface area is 286 Å². The fourth-order valence-electron chi connectivity index (χ4n) is 5.89. The molecule has 2 heterocycles. The standard InChI is InChI=1S/C38H43N3O8/c42-22-33-19-29-15-7-8-17-31(29)21-41(33)35(43)20-30-16-9-10-18-34(40-38(46)49-24-28-13-5-2-6-14-28)37(45)48-26-32(39-36(30)44)25-47-23-27-11-3-1-4-12-27/h1-15,17,30,32-34,42H,16,18-26H2,(H,39,44)(H,40,46). The monoisotopic (exact) mass is 669 g/mol. The summed E-state index contributed by atoms with van der Waals surface area (Å²) in [5.41, 5.74) is 3.85.